The van der Waals surface area contributed by atoms with Gasteiger partial charge in [0.1, 0.15) is 5.82 Å². The van der Waals surface area contributed by atoms with Crippen molar-refractivity contribution in [3.63, 3.8) is 0 Å². The van der Waals surface area contributed by atoms with Crippen LogP contribution in [-0.2, 0) is 11.3 Å². The predicted molar refractivity (Wildman–Crippen MR) is 116 cm³/mol. The highest BCUT2D eigenvalue weighted by molar-refractivity contribution is 6.31. The lowest BCUT2D eigenvalue weighted by atomic mass is 10.1. The van der Waals surface area contributed by atoms with E-state index in [0.717, 1.165) is 32.1 Å². The van der Waals surface area contributed by atoms with Crippen molar-refractivity contribution in [2.75, 3.05) is 6.54 Å². The molecule has 0 radical (unpaired) electrons. The molecule has 1 aromatic carbocycles. The molecule has 0 bridgehead atoms. The first-order valence-electron chi connectivity index (χ1n) is 10.4. The molecular weight excluding hydrogens is 374 g/mol. The van der Waals surface area contributed by atoms with Gasteiger partial charge in [0, 0.05) is 24.5 Å². The Bertz CT molecular complexity index is 863. The summed E-state index contributed by atoms with van der Waals surface area (Å²) in [6.45, 7) is 9.27. The molecule has 0 N–H and O–H groups in total. The maximum atomic E-state index is 13.0. The first-order chi connectivity index (χ1) is 13.4. The number of aromatic nitrogens is 2. The van der Waals surface area contributed by atoms with Crippen LogP contribution in [0, 0.1) is 0 Å². The van der Waals surface area contributed by atoms with Crippen molar-refractivity contribution in [2.24, 2.45) is 0 Å². The Hall–Kier alpha value is -1.88. The number of halogens is 1. The molecule has 0 aliphatic rings. The maximum Gasteiger partial charge on any atom is 0.261 e. The van der Waals surface area contributed by atoms with E-state index in [1.165, 1.54) is 0 Å². The molecule has 1 amide bonds. The van der Waals surface area contributed by atoms with Gasteiger partial charge < -0.3 is 4.90 Å². The monoisotopic (exact) mass is 405 g/mol. The molecule has 5 nitrogen and oxygen atoms in total. The molecule has 6 heteroatoms. The van der Waals surface area contributed by atoms with Crippen molar-refractivity contribution in [3.8, 4) is 0 Å². The molecule has 0 aliphatic heterocycles. The summed E-state index contributed by atoms with van der Waals surface area (Å²) in [6, 6.07) is 4.91. The van der Waals surface area contributed by atoms with E-state index in [-0.39, 0.29) is 17.5 Å². The zero-order valence-electron chi connectivity index (χ0n) is 17.5. The molecule has 0 aliphatic carbocycles. The van der Waals surface area contributed by atoms with Crippen molar-refractivity contribution >= 4 is 28.4 Å². The van der Waals surface area contributed by atoms with Crippen LogP contribution in [0.15, 0.2) is 23.0 Å². The Morgan fingerprint density at radius 2 is 1.93 bits per heavy atom. The number of benzene rings is 1. The molecule has 2 rings (SSSR count). The molecule has 0 fully saturated rings. The zero-order chi connectivity index (χ0) is 20.7. The molecule has 1 heterocycles. The fourth-order valence-electron chi connectivity index (χ4n) is 3.60. The number of hydrogen-bond acceptors (Lipinski definition) is 3. The first kappa shape index (κ1) is 22.4. The molecule has 2 aromatic rings. The third kappa shape index (κ3) is 5.13. The minimum absolute atomic E-state index is 0.108. The number of amides is 1. The third-order valence-corrected chi connectivity index (χ3v) is 5.37. The standard InChI is InChI=1S/C22H32ClN3O2/c1-5-8-9-10-11-20(27)26(14-6-2)16(4)21-24-19-13-12-17(23)15-18(19)22(28)25(21)7-3/h12-13,15-16H,5-11,14H2,1-4H3. The Morgan fingerprint density at radius 3 is 2.57 bits per heavy atom. The number of rotatable bonds is 10. The Kier molecular flexibility index (Phi) is 8.49. The molecule has 1 aromatic heterocycles. The van der Waals surface area contributed by atoms with Crippen LogP contribution in [0.4, 0.5) is 0 Å². The minimum Gasteiger partial charge on any atom is -0.333 e. The highest BCUT2D eigenvalue weighted by Gasteiger charge is 2.25. The summed E-state index contributed by atoms with van der Waals surface area (Å²) < 4.78 is 1.66. The lowest BCUT2D eigenvalue weighted by Crippen LogP contribution is -2.38. The first-order valence-corrected chi connectivity index (χ1v) is 10.8. The van der Waals surface area contributed by atoms with E-state index < -0.39 is 0 Å². The van der Waals surface area contributed by atoms with Gasteiger partial charge in [-0.05, 0) is 44.9 Å². The lowest BCUT2D eigenvalue weighted by molar-refractivity contribution is -0.133. The summed E-state index contributed by atoms with van der Waals surface area (Å²) in [5.41, 5.74) is 0.511. The average Bonchev–Trinajstić information content (AvgIpc) is 2.69. The second-order valence-electron chi connectivity index (χ2n) is 7.25. The summed E-state index contributed by atoms with van der Waals surface area (Å²) in [5.74, 6) is 0.774. The van der Waals surface area contributed by atoms with Crippen LogP contribution >= 0.6 is 11.6 Å². The van der Waals surface area contributed by atoms with Crippen LogP contribution in [0.5, 0.6) is 0 Å². The molecule has 28 heavy (non-hydrogen) atoms. The number of carbonyl (C=O) groups excluding carboxylic acids is 1. The van der Waals surface area contributed by atoms with Crippen molar-refractivity contribution in [2.45, 2.75) is 78.8 Å². The Labute approximate surface area is 172 Å². The maximum absolute atomic E-state index is 13.0. The molecular formula is C22H32ClN3O2. The van der Waals surface area contributed by atoms with Gasteiger partial charge in [0.2, 0.25) is 5.91 Å². The van der Waals surface area contributed by atoms with E-state index in [0.29, 0.717) is 41.3 Å². The van der Waals surface area contributed by atoms with Gasteiger partial charge in [-0.3, -0.25) is 14.2 Å². The van der Waals surface area contributed by atoms with Gasteiger partial charge in [0.15, 0.2) is 0 Å². The quantitative estimate of drug-likeness (QED) is 0.501. The van der Waals surface area contributed by atoms with Gasteiger partial charge in [-0.15, -0.1) is 0 Å². The van der Waals surface area contributed by atoms with E-state index in [9.17, 15) is 9.59 Å². The highest BCUT2D eigenvalue weighted by Crippen LogP contribution is 2.23. The van der Waals surface area contributed by atoms with Crippen molar-refractivity contribution in [3.05, 3.63) is 39.4 Å². The van der Waals surface area contributed by atoms with Crippen molar-refractivity contribution in [1.82, 2.24) is 14.5 Å². The summed E-state index contributed by atoms with van der Waals surface area (Å²) in [7, 11) is 0. The zero-order valence-corrected chi connectivity index (χ0v) is 18.3. The summed E-state index contributed by atoms with van der Waals surface area (Å²) in [5, 5.41) is 1.03. The molecule has 0 saturated heterocycles. The van der Waals surface area contributed by atoms with E-state index in [4.69, 9.17) is 16.6 Å². The molecule has 154 valence electrons. The highest BCUT2D eigenvalue weighted by atomic mass is 35.5. The molecule has 1 unspecified atom stereocenters. The second kappa shape index (κ2) is 10.6. The van der Waals surface area contributed by atoms with Crippen LogP contribution < -0.4 is 5.56 Å². The summed E-state index contributed by atoms with van der Waals surface area (Å²) in [4.78, 5) is 32.5. The number of fused-ring (bicyclic) bond motifs is 1. The summed E-state index contributed by atoms with van der Waals surface area (Å²) in [6.07, 6.45) is 5.70. The summed E-state index contributed by atoms with van der Waals surface area (Å²) >= 11 is 6.06. The van der Waals surface area contributed by atoms with E-state index in [1.54, 1.807) is 22.8 Å². The van der Waals surface area contributed by atoms with Crippen LogP contribution in [0.3, 0.4) is 0 Å². The topological polar surface area (TPSA) is 55.2 Å². The number of hydrogen-bond donors (Lipinski definition) is 0. The lowest BCUT2D eigenvalue weighted by Gasteiger charge is -2.30. The predicted octanol–water partition coefficient (Wildman–Crippen LogP) is 5.34. The van der Waals surface area contributed by atoms with Gasteiger partial charge in [-0.25, -0.2) is 4.98 Å². The van der Waals surface area contributed by atoms with Crippen LogP contribution in [0.1, 0.15) is 78.1 Å². The third-order valence-electron chi connectivity index (χ3n) is 5.13. The van der Waals surface area contributed by atoms with Gasteiger partial charge >= 0.3 is 0 Å². The fourth-order valence-corrected chi connectivity index (χ4v) is 3.77. The normalized spacial score (nSPS) is 12.3. The Morgan fingerprint density at radius 1 is 1.18 bits per heavy atom. The SMILES string of the molecule is CCCCCCC(=O)N(CCC)C(C)c1nc2ccc(Cl)cc2c(=O)n1CC. The molecule has 0 saturated carbocycles. The van der Waals surface area contributed by atoms with Crippen LogP contribution in [-0.4, -0.2) is 26.9 Å². The van der Waals surface area contributed by atoms with Gasteiger partial charge in [-0.2, -0.15) is 0 Å². The van der Waals surface area contributed by atoms with E-state index >= 15 is 0 Å². The molecule has 1 atom stereocenters. The number of nitrogens with zero attached hydrogens (tertiary/aromatic N) is 3. The van der Waals surface area contributed by atoms with Crippen LogP contribution in [0.2, 0.25) is 5.02 Å². The second-order valence-corrected chi connectivity index (χ2v) is 7.69. The van der Waals surface area contributed by atoms with Gasteiger partial charge in [0.05, 0.1) is 16.9 Å². The molecule has 0 spiro atoms. The van der Waals surface area contributed by atoms with Gasteiger partial charge in [0.25, 0.3) is 5.56 Å². The largest absolute Gasteiger partial charge is 0.333 e. The Balaban J connectivity index is 2.39. The van der Waals surface area contributed by atoms with E-state index in [2.05, 4.69) is 13.8 Å². The van der Waals surface area contributed by atoms with Crippen molar-refractivity contribution < 1.29 is 4.79 Å². The van der Waals surface area contributed by atoms with E-state index in [1.807, 2.05) is 18.7 Å². The average molecular weight is 406 g/mol. The fraction of sp³-hybridized carbons (Fsp3) is 0.591. The minimum atomic E-state index is -0.258. The van der Waals surface area contributed by atoms with Crippen molar-refractivity contribution in [1.29, 1.82) is 0 Å². The smallest absolute Gasteiger partial charge is 0.261 e. The van der Waals surface area contributed by atoms with Gasteiger partial charge in [-0.1, -0.05) is 44.7 Å². The number of unbranched alkanes of at least 4 members (excludes halogenated alkanes) is 3. The number of carbonyl (C=O) groups is 1. The van der Waals surface area contributed by atoms with Crippen LogP contribution in [0.25, 0.3) is 10.9 Å².